The normalized spacial score (nSPS) is 10.6. The first kappa shape index (κ1) is 19.9. The monoisotopic (exact) mass is 438 g/mol. The molecule has 6 nitrogen and oxygen atoms in total. The first-order chi connectivity index (χ1) is 14.5. The topological polar surface area (TPSA) is 69.0 Å². The highest BCUT2D eigenvalue weighted by molar-refractivity contribution is 6.31. The zero-order valence-corrected chi connectivity index (χ0v) is 17.4. The molecular formula is C22H16Cl2N4O2. The van der Waals surface area contributed by atoms with E-state index in [0.29, 0.717) is 33.0 Å². The van der Waals surface area contributed by atoms with Crippen molar-refractivity contribution >= 4 is 34.8 Å². The van der Waals surface area contributed by atoms with E-state index in [1.165, 1.54) is 0 Å². The maximum Gasteiger partial charge on any atom is 0.295 e. The Morgan fingerprint density at radius 2 is 1.70 bits per heavy atom. The van der Waals surface area contributed by atoms with Gasteiger partial charge in [0.2, 0.25) is 5.82 Å². The Labute approximate surface area is 183 Å². The average Bonchev–Trinajstić information content (AvgIpc) is 3.20. The van der Waals surface area contributed by atoms with Crippen LogP contribution in [0.3, 0.4) is 0 Å². The van der Waals surface area contributed by atoms with E-state index in [0.717, 1.165) is 5.56 Å². The number of benzene rings is 3. The van der Waals surface area contributed by atoms with Crippen LogP contribution in [0, 0.1) is 0 Å². The zero-order chi connectivity index (χ0) is 21.1. The van der Waals surface area contributed by atoms with Crippen molar-refractivity contribution in [2.24, 2.45) is 0 Å². The van der Waals surface area contributed by atoms with Gasteiger partial charge in [0.05, 0.1) is 12.8 Å². The Bertz CT molecular complexity index is 1190. The molecular weight excluding hydrogens is 423 g/mol. The van der Waals surface area contributed by atoms with Crippen LogP contribution in [-0.4, -0.2) is 27.8 Å². The number of hydrogen-bond acceptors (Lipinski definition) is 4. The molecule has 150 valence electrons. The average molecular weight is 439 g/mol. The summed E-state index contributed by atoms with van der Waals surface area (Å²) in [7, 11) is 1.58. The molecule has 3 aromatic carbocycles. The van der Waals surface area contributed by atoms with E-state index in [-0.39, 0.29) is 5.82 Å². The molecule has 1 heterocycles. The minimum Gasteiger partial charge on any atom is -0.497 e. The molecule has 1 amide bonds. The number of carbonyl (C=O) groups excluding carboxylic acids is 1. The molecule has 0 aliphatic carbocycles. The Morgan fingerprint density at radius 3 is 2.37 bits per heavy atom. The highest BCUT2D eigenvalue weighted by atomic mass is 35.5. The zero-order valence-electron chi connectivity index (χ0n) is 15.8. The first-order valence-corrected chi connectivity index (χ1v) is 9.73. The largest absolute Gasteiger partial charge is 0.497 e. The molecule has 0 atom stereocenters. The molecule has 4 aromatic rings. The summed E-state index contributed by atoms with van der Waals surface area (Å²) in [5.41, 5.74) is 2.05. The van der Waals surface area contributed by atoms with Crippen LogP contribution < -0.4 is 10.1 Å². The highest BCUT2D eigenvalue weighted by Gasteiger charge is 2.19. The quantitative estimate of drug-likeness (QED) is 0.446. The van der Waals surface area contributed by atoms with Crippen LogP contribution in [0.4, 0.5) is 5.69 Å². The van der Waals surface area contributed by atoms with Crippen LogP contribution in [-0.2, 0) is 0 Å². The number of hydrogen-bond donors (Lipinski definition) is 1. The van der Waals surface area contributed by atoms with Crippen molar-refractivity contribution in [2.45, 2.75) is 0 Å². The van der Waals surface area contributed by atoms with E-state index in [1.54, 1.807) is 72.5 Å². The Hall–Kier alpha value is -3.35. The molecule has 0 unspecified atom stereocenters. The van der Waals surface area contributed by atoms with E-state index in [2.05, 4.69) is 15.4 Å². The number of nitrogens with one attached hydrogen (secondary N) is 1. The van der Waals surface area contributed by atoms with Crippen LogP contribution in [0.1, 0.15) is 10.6 Å². The van der Waals surface area contributed by atoms with Gasteiger partial charge in [-0.1, -0.05) is 35.3 Å². The maximum absolute atomic E-state index is 12.8. The summed E-state index contributed by atoms with van der Waals surface area (Å²) in [5.74, 6) is 0.771. The molecule has 0 fully saturated rings. The van der Waals surface area contributed by atoms with Gasteiger partial charge in [-0.05, 0) is 60.7 Å². The van der Waals surface area contributed by atoms with E-state index < -0.39 is 5.91 Å². The number of rotatable bonds is 5. The summed E-state index contributed by atoms with van der Waals surface area (Å²) in [4.78, 5) is 17.3. The predicted octanol–water partition coefficient (Wildman–Crippen LogP) is 5.50. The van der Waals surface area contributed by atoms with Crippen molar-refractivity contribution in [3.63, 3.8) is 0 Å². The third-order valence-electron chi connectivity index (χ3n) is 4.31. The minimum atomic E-state index is -0.434. The lowest BCUT2D eigenvalue weighted by Gasteiger charge is -2.06. The number of carbonyl (C=O) groups is 1. The molecule has 0 aliphatic rings. The van der Waals surface area contributed by atoms with Gasteiger partial charge >= 0.3 is 0 Å². The van der Waals surface area contributed by atoms with Crippen molar-refractivity contribution in [2.75, 3.05) is 12.4 Å². The number of ether oxygens (including phenoxy) is 1. The van der Waals surface area contributed by atoms with Gasteiger partial charge in [-0.15, -0.1) is 5.10 Å². The van der Waals surface area contributed by atoms with Crippen molar-refractivity contribution in [3.05, 3.63) is 88.7 Å². The molecule has 1 N–H and O–H groups in total. The second-order valence-corrected chi connectivity index (χ2v) is 7.21. The molecule has 0 aliphatic heterocycles. The number of nitrogens with zero attached hydrogens (tertiary/aromatic N) is 3. The first-order valence-electron chi connectivity index (χ1n) is 8.98. The number of methoxy groups -OCH3 is 1. The van der Waals surface area contributed by atoms with Crippen molar-refractivity contribution < 1.29 is 9.53 Å². The van der Waals surface area contributed by atoms with E-state index in [1.807, 2.05) is 12.1 Å². The van der Waals surface area contributed by atoms with Gasteiger partial charge in [0.25, 0.3) is 5.91 Å². The highest BCUT2D eigenvalue weighted by Crippen LogP contribution is 2.25. The van der Waals surface area contributed by atoms with Crippen molar-refractivity contribution in [1.29, 1.82) is 0 Å². The third kappa shape index (κ3) is 4.30. The second-order valence-electron chi connectivity index (χ2n) is 6.34. The molecule has 8 heteroatoms. The van der Waals surface area contributed by atoms with Gasteiger partial charge in [0, 0.05) is 21.3 Å². The van der Waals surface area contributed by atoms with Crippen molar-refractivity contribution in [1.82, 2.24) is 14.8 Å². The standard InChI is InChI=1S/C22H16Cl2N4O2/c1-30-19-11-7-17(8-12-19)25-22(29)20-26-21(14-3-2-4-16(24)13-14)28(27-20)18-9-5-15(23)6-10-18/h2-13H,1H3,(H,25,29). The molecule has 4 rings (SSSR count). The van der Waals surface area contributed by atoms with E-state index in [4.69, 9.17) is 27.9 Å². The summed E-state index contributed by atoms with van der Waals surface area (Å²) < 4.78 is 6.72. The summed E-state index contributed by atoms with van der Waals surface area (Å²) >= 11 is 12.2. The maximum atomic E-state index is 12.8. The fourth-order valence-corrected chi connectivity index (χ4v) is 3.16. The lowest BCUT2D eigenvalue weighted by atomic mass is 10.2. The molecule has 1 aromatic heterocycles. The minimum absolute atomic E-state index is 0.0238. The van der Waals surface area contributed by atoms with Gasteiger partial charge in [-0.3, -0.25) is 4.79 Å². The van der Waals surface area contributed by atoms with Gasteiger partial charge in [-0.25, -0.2) is 9.67 Å². The van der Waals surface area contributed by atoms with Crippen LogP contribution in [0.15, 0.2) is 72.8 Å². The Kier molecular flexibility index (Phi) is 5.70. The lowest BCUT2D eigenvalue weighted by Crippen LogP contribution is -2.14. The molecule has 30 heavy (non-hydrogen) atoms. The molecule has 0 saturated carbocycles. The number of aromatic nitrogens is 3. The molecule has 0 bridgehead atoms. The summed E-state index contributed by atoms with van der Waals surface area (Å²) in [5, 5.41) is 8.38. The van der Waals surface area contributed by atoms with E-state index >= 15 is 0 Å². The van der Waals surface area contributed by atoms with Crippen LogP contribution in [0.2, 0.25) is 10.0 Å². The summed E-state index contributed by atoms with van der Waals surface area (Å²) in [6.45, 7) is 0. The van der Waals surface area contributed by atoms with Crippen LogP contribution >= 0.6 is 23.2 Å². The van der Waals surface area contributed by atoms with E-state index in [9.17, 15) is 4.79 Å². The number of amides is 1. The number of anilines is 1. The molecule has 0 spiro atoms. The van der Waals surface area contributed by atoms with Gasteiger partial charge in [-0.2, -0.15) is 0 Å². The SMILES string of the molecule is COc1ccc(NC(=O)c2nc(-c3cccc(Cl)c3)n(-c3ccc(Cl)cc3)n2)cc1. The number of halogens is 2. The third-order valence-corrected chi connectivity index (χ3v) is 4.80. The Morgan fingerprint density at radius 1 is 0.967 bits per heavy atom. The van der Waals surface area contributed by atoms with Gasteiger partial charge in [0.15, 0.2) is 5.82 Å². The smallest absolute Gasteiger partial charge is 0.295 e. The fraction of sp³-hybridized carbons (Fsp3) is 0.0455. The molecule has 0 radical (unpaired) electrons. The van der Waals surface area contributed by atoms with Crippen molar-refractivity contribution in [3.8, 4) is 22.8 Å². The summed E-state index contributed by atoms with van der Waals surface area (Å²) in [6.07, 6.45) is 0. The van der Waals surface area contributed by atoms with Gasteiger partial charge < -0.3 is 10.1 Å². The molecule has 0 saturated heterocycles. The second kappa shape index (κ2) is 8.57. The van der Waals surface area contributed by atoms with Crippen LogP contribution in [0.5, 0.6) is 5.75 Å². The summed E-state index contributed by atoms with van der Waals surface area (Å²) in [6, 6.07) is 21.3. The Balaban J connectivity index is 1.72. The lowest BCUT2D eigenvalue weighted by molar-refractivity contribution is 0.101. The fourth-order valence-electron chi connectivity index (χ4n) is 2.85. The van der Waals surface area contributed by atoms with Crippen LogP contribution in [0.25, 0.3) is 17.1 Å². The van der Waals surface area contributed by atoms with Gasteiger partial charge in [0.1, 0.15) is 5.75 Å². The predicted molar refractivity (Wildman–Crippen MR) is 118 cm³/mol.